The topological polar surface area (TPSA) is 66.4 Å². The van der Waals surface area contributed by atoms with Crippen LogP contribution in [0.25, 0.3) is 0 Å². The minimum atomic E-state index is -0.508. The molecular formula is C38H55NO3. The number of aryl methyl sites for hydroxylation is 1. The molecule has 4 nitrogen and oxygen atoms in total. The fourth-order valence-corrected chi connectivity index (χ4v) is 11.9. The number of rotatable bonds is 2. The number of anilines is 1. The number of nitrogens with one attached hydrogen (secondary N) is 1. The maximum Gasteiger partial charge on any atom is 0.230 e. The molecule has 0 saturated heterocycles. The van der Waals surface area contributed by atoms with E-state index in [1.54, 1.807) is 0 Å². The first-order valence-corrected chi connectivity index (χ1v) is 16.7. The van der Waals surface area contributed by atoms with Gasteiger partial charge in [0.15, 0.2) is 5.78 Å². The van der Waals surface area contributed by atoms with E-state index in [4.69, 9.17) is 0 Å². The van der Waals surface area contributed by atoms with Crippen molar-refractivity contribution in [2.24, 2.45) is 49.7 Å². The summed E-state index contributed by atoms with van der Waals surface area (Å²) in [5.41, 5.74) is 2.14. The lowest BCUT2D eigenvalue weighted by molar-refractivity contribution is -0.207. The van der Waals surface area contributed by atoms with Crippen LogP contribution in [0.2, 0.25) is 0 Å². The highest BCUT2D eigenvalue weighted by Gasteiger charge is 2.72. The van der Waals surface area contributed by atoms with Crippen LogP contribution in [-0.4, -0.2) is 22.9 Å². The SMILES string of the molecule is Cc1ccc(NC(=O)[C@]2(C)CC[C@@]3(C)CC[C@@]4(C)C(=CC(=O)[C@H]5[C@@]6(C)CC[C@H](O)C(C)(C)[C@H]6CC[C@]54C)[C@]3(C)C2)cc1. The van der Waals surface area contributed by atoms with Crippen LogP contribution in [-0.2, 0) is 9.59 Å². The van der Waals surface area contributed by atoms with Crippen LogP contribution in [0.4, 0.5) is 5.69 Å². The molecule has 230 valence electrons. The molecule has 1 aromatic carbocycles. The Hall–Kier alpha value is -1.94. The minimum Gasteiger partial charge on any atom is -0.393 e. The maximum absolute atomic E-state index is 14.7. The van der Waals surface area contributed by atoms with Crippen molar-refractivity contribution in [2.45, 2.75) is 126 Å². The van der Waals surface area contributed by atoms with Gasteiger partial charge in [-0.1, -0.05) is 78.7 Å². The van der Waals surface area contributed by atoms with Crippen molar-refractivity contribution in [3.05, 3.63) is 41.5 Å². The molecule has 4 heteroatoms. The predicted octanol–water partition coefficient (Wildman–Crippen LogP) is 8.67. The molecule has 0 aliphatic heterocycles. The number of fused-ring (bicyclic) bond motifs is 7. The van der Waals surface area contributed by atoms with Gasteiger partial charge < -0.3 is 10.4 Å². The fraction of sp³-hybridized carbons (Fsp3) is 0.737. The number of allylic oxidation sites excluding steroid dienone is 2. The molecule has 0 unspecified atom stereocenters. The third kappa shape index (κ3) is 3.75. The molecule has 5 aliphatic rings. The van der Waals surface area contributed by atoms with Crippen LogP contribution in [0.5, 0.6) is 0 Å². The van der Waals surface area contributed by atoms with Gasteiger partial charge in [-0.2, -0.15) is 0 Å². The second-order valence-electron chi connectivity index (χ2n) is 17.6. The Bertz CT molecular complexity index is 1340. The number of aliphatic hydroxyl groups is 1. The van der Waals surface area contributed by atoms with E-state index in [1.165, 1.54) is 11.1 Å². The summed E-state index contributed by atoms with van der Waals surface area (Å²) in [6.45, 7) is 20.8. The molecule has 0 heterocycles. The Kier molecular flexibility index (Phi) is 6.49. The van der Waals surface area contributed by atoms with Crippen molar-refractivity contribution in [3.8, 4) is 0 Å². The highest BCUT2D eigenvalue weighted by Crippen LogP contribution is 2.77. The number of amides is 1. The molecule has 4 fully saturated rings. The normalized spacial score (nSPS) is 47.7. The van der Waals surface area contributed by atoms with Crippen LogP contribution in [0.15, 0.2) is 35.9 Å². The van der Waals surface area contributed by atoms with Gasteiger partial charge in [-0.25, -0.2) is 0 Å². The molecule has 1 amide bonds. The summed E-state index contributed by atoms with van der Waals surface area (Å²) in [5, 5.41) is 14.3. The van der Waals surface area contributed by atoms with E-state index >= 15 is 0 Å². The molecule has 9 atom stereocenters. The van der Waals surface area contributed by atoms with Crippen molar-refractivity contribution < 1.29 is 14.7 Å². The molecular weight excluding hydrogens is 518 g/mol. The first kappa shape index (κ1) is 30.1. The minimum absolute atomic E-state index is 0.0305. The molecule has 0 bridgehead atoms. The van der Waals surface area contributed by atoms with E-state index in [-0.39, 0.29) is 50.4 Å². The highest BCUT2D eigenvalue weighted by atomic mass is 16.3. The van der Waals surface area contributed by atoms with Crippen molar-refractivity contribution in [1.82, 2.24) is 0 Å². The third-order valence-corrected chi connectivity index (χ3v) is 15.1. The number of aliphatic hydroxyl groups excluding tert-OH is 1. The lowest BCUT2D eigenvalue weighted by Gasteiger charge is -2.72. The summed E-state index contributed by atoms with van der Waals surface area (Å²) in [6.07, 6.45) is 10.4. The lowest BCUT2D eigenvalue weighted by Crippen LogP contribution is -2.68. The Morgan fingerprint density at radius 3 is 2.14 bits per heavy atom. The number of hydrogen-bond donors (Lipinski definition) is 2. The van der Waals surface area contributed by atoms with Crippen LogP contribution in [0, 0.1) is 56.7 Å². The zero-order valence-corrected chi connectivity index (χ0v) is 27.7. The third-order valence-electron chi connectivity index (χ3n) is 15.1. The zero-order valence-electron chi connectivity index (χ0n) is 27.7. The summed E-state index contributed by atoms with van der Waals surface area (Å²) in [4.78, 5) is 28.6. The van der Waals surface area contributed by atoms with Gasteiger partial charge in [0.2, 0.25) is 5.91 Å². The molecule has 0 radical (unpaired) electrons. The van der Waals surface area contributed by atoms with Gasteiger partial charge in [0, 0.05) is 17.0 Å². The van der Waals surface area contributed by atoms with Gasteiger partial charge in [0.25, 0.3) is 0 Å². The summed E-state index contributed by atoms with van der Waals surface area (Å²) >= 11 is 0. The predicted molar refractivity (Wildman–Crippen MR) is 170 cm³/mol. The van der Waals surface area contributed by atoms with Gasteiger partial charge in [-0.15, -0.1) is 0 Å². The lowest BCUT2D eigenvalue weighted by atomic mass is 9.31. The number of carbonyl (C=O) groups excluding carboxylic acids is 2. The van der Waals surface area contributed by atoms with Crippen LogP contribution in [0.3, 0.4) is 0 Å². The smallest absolute Gasteiger partial charge is 0.230 e. The molecule has 0 spiro atoms. The molecule has 5 aliphatic carbocycles. The van der Waals surface area contributed by atoms with Crippen LogP contribution >= 0.6 is 0 Å². The van der Waals surface area contributed by atoms with E-state index in [1.807, 2.05) is 24.3 Å². The zero-order chi connectivity index (χ0) is 30.7. The number of hydrogen-bond acceptors (Lipinski definition) is 3. The Morgan fingerprint density at radius 2 is 1.48 bits per heavy atom. The average Bonchev–Trinajstić information content (AvgIpc) is 2.90. The largest absolute Gasteiger partial charge is 0.393 e. The maximum atomic E-state index is 14.7. The van der Waals surface area contributed by atoms with Gasteiger partial charge in [-0.05, 0) is 121 Å². The number of benzene rings is 1. The van der Waals surface area contributed by atoms with E-state index < -0.39 is 5.41 Å². The molecule has 2 N–H and O–H groups in total. The molecule has 1 aromatic rings. The molecule has 6 rings (SSSR count). The molecule has 42 heavy (non-hydrogen) atoms. The first-order valence-electron chi connectivity index (χ1n) is 16.7. The average molecular weight is 574 g/mol. The monoisotopic (exact) mass is 573 g/mol. The summed E-state index contributed by atoms with van der Waals surface area (Å²) < 4.78 is 0. The second-order valence-corrected chi connectivity index (χ2v) is 17.6. The number of carbonyl (C=O) groups is 2. The second kappa shape index (κ2) is 9.05. The summed E-state index contributed by atoms with van der Waals surface area (Å²) in [5.74, 6) is 0.718. The molecule has 4 saturated carbocycles. The first-order chi connectivity index (χ1) is 19.4. The van der Waals surface area contributed by atoms with Gasteiger partial charge in [0.05, 0.1) is 6.10 Å². The quantitative estimate of drug-likeness (QED) is 0.372. The van der Waals surface area contributed by atoms with Crippen LogP contribution in [0.1, 0.15) is 119 Å². The van der Waals surface area contributed by atoms with Crippen LogP contribution < -0.4 is 5.32 Å². The Labute approximate surface area is 254 Å². The van der Waals surface area contributed by atoms with Crippen molar-refractivity contribution in [1.29, 1.82) is 0 Å². The highest BCUT2D eigenvalue weighted by molar-refractivity contribution is 5.97. The fourth-order valence-electron chi connectivity index (χ4n) is 11.9. The van der Waals surface area contributed by atoms with Crippen molar-refractivity contribution in [2.75, 3.05) is 5.32 Å². The van der Waals surface area contributed by atoms with Crippen molar-refractivity contribution >= 4 is 17.4 Å². The van der Waals surface area contributed by atoms with Crippen molar-refractivity contribution in [3.63, 3.8) is 0 Å². The number of ketones is 1. The van der Waals surface area contributed by atoms with E-state index in [0.29, 0.717) is 11.7 Å². The Morgan fingerprint density at radius 1 is 0.833 bits per heavy atom. The van der Waals surface area contributed by atoms with E-state index in [0.717, 1.165) is 63.5 Å². The van der Waals surface area contributed by atoms with E-state index in [2.05, 4.69) is 73.7 Å². The Balaban J connectivity index is 1.40. The standard InChI is InChI=1S/C38H55NO3/c1-24-10-12-25(13-11-24)39-31(42)33(4)18-19-34(5)20-21-36(7)28(38(34,9)23-33)22-26(40)30-35(6)16-15-29(41)32(2,3)27(35)14-17-37(30,36)8/h10-13,22,27,29-30,41H,14-21,23H2,1-9H3,(H,39,42)/t27-,29+,30+,33-,34+,35+,36+,37-,38+/m1/s1. The van der Waals surface area contributed by atoms with Gasteiger partial charge in [0.1, 0.15) is 0 Å². The van der Waals surface area contributed by atoms with Gasteiger partial charge in [-0.3, -0.25) is 9.59 Å². The summed E-state index contributed by atoms with van der Waals surface area (Å²) in [7, 11) is 0. The van der Waals surface area contributed by atoms with Gasteiger partial charge >= 0.3 is 0 Å². The van der Waals surface area contributed by atoms with E-state index in [9.17, 15) is 14.7 Å². The molecule has 0 aromatic heterocycles. The summed E-state index contributed by atoms with van der Waals surface area (Å²) in [6, 6.07) is 8.08.